The zero-order chi connectivity index (χ0) is 19.1. The minimum Gasteiger partial charge on any atom is -0.354 e. The summed E-state index contributed by atoms with van der Waals surface area (Å²) in [5, 5.41) is 2.82. The van der Waals surface area contributed by atoms with Gasteiger partial charge in [0.05, 0.1) is 15.7 Å². The molecule has 0 bridgehead atoms. The first-order valence-electron chi connectivity index (χ1n) is 7.97. The first-order valence-corrected chi connectivity index (χ1v) is 13.3. The van der Waals surface area contributed by atoms with E-state index in [0.717, 1.165) is 29.5 Å². The van der Waals surface area contributed by atoms with Crippen molar-refractivity contribution in [3.8, 4) is 0 Å². The van der Waals surface area contributed by atoms with Crippen LogP contribution in [0, 0.1) is 5.92 Å². The Labute approximate surface area is 166 Å². The summed E-state index contributed by atoms with van der Waals surface area (Å²) in [5.41, 5.74) is 0. The van der Waals surface area contributed by atoms with Gasteiger partial charge in [-0.05, 0) is 52.9 Å². The summed E-state index contributed by atoms with van der Waals surface area (Å²) in [6.07, 6.45) is 3.20. The van der Waals surface area contributed by atoms with Crippen LogP contribution >= 0.6 is 27.7 Å². The number of halogens is 1. The molecule has 3 rings (SSSR count). The Morgan fingerprint density at radius 1 is 1.31 bits per heavy atom. The van der Waals surface area contributed by atoms with E-state index in [0.29, 0.717) is 18.2 Å². The Morgan fingerprint density at radius 2 is 2.00 bits per heavy atom. The number of sulfonamides is 1. The minimum atomic E-state index is -4.03. The monoisotopic (exact) mass is 482 g/mol. The van der Waals surface area contributed by atoms with Crippen LogP contribution in [0.3, 0.4) is 0 Å². The van der Waals surface area contributed by atoms with Gasteiger partial charge in [0.2, 0.25) is 15.9 Å². The summed E-state index contributed by atoms with van der Waals surface area (Å²) >= 11 is 4.55. The summed E-state index contributed by atoms with van der Waals surface area (Å²) in [5.74, 6) is 0.720. The average Bonchev–Trinajstić information content (AvgIpc) is 3.24. The number of nitrogens with zero attached hydrogens (tertiary/aromatic N) is 1. The number of hydrogen-bond donors (Lipinski definition) is 1. The van der Waals surface area contributed by atoms with E-state index in [1.54, 1.807) is 0 Å². The molecular weight excluding hydrogens is 464 g/mol. The first-order chi connectivity index (χ1) is 12.1. The van der Waals surface area contributed by atoms with Crippen molar-refractivity contribution in [3.05, 3.63) is 22.7 Å². The lowest BCUT2D eigenvalue weighted by Gasteiger charge is -2.23. The van der Waals surface area contributed by atoms with Crippen LogP contribution in [0.2, 0.25) is 0 Å². The third-order valence-corrected chi connectivity index (χ3v) is 9.46. The number of rotatable bonds is 6. The Morgan fingerprint density at radius 3 is 2.62 bits per heavy atom. The van der Waals surface area contributed by atoms with Crippen LogP contribution in [0.15, 0.2) is 32.5 Å². The predicted molar refractivity (Wildman–Crippen MR) is 103 cm³/mol. The number of amides is 1. The Bertz CT molecular complexity index is 929. The van der Waals surface area contributed by atoms with Crippen LogP contribution in [0.4, 0.5) is 0 Å². The molecule has 7 nitrogen and oxygen atoms in total. The van der Waals surface area contributed by atoms with Crippen molar-refractivity contribution in [2.45, 2.75) is 28.7 Å². The van der Waals surface area contributed by atoms with Gasteiger partial charge in [-0.25, -0.2) is 16.8 Å². The molecular formula is C15H19BrN2O5S3. The van der Waals surface area contributed by atoms with E-state index in [1.807, 2.05) is 0 Å². The highest BCUT2D eigenvalue weighted by Gasteiger charge is 2.41. The van der Waals surface area contributed by atoms with Crippen LogP contribution in [-0.2, 0) is 24.7 Å². The van der Waals surface area contributed by atoms with Crippen molar-refractivity contribution in [3.63, 3.8) is 0 Å². The summed E-state index contributed by atoms with van der Waals surface area (Å²) in [6, 6.07) is 3.08. The van der Waals surface area contributed by atoms with Gasteiger partial charge in [0, 0.05) is 23.0 Å². The average molecular weight is 483 g/mol. The van der Waals surface area contributed by atoms with Crippen LogP contribution in [0.5, 0.6) is 0 Å². The van der Waals surface area contributed by atoms with Crippen molar-refractivity contribution < 1.29 is 21.6 Å². The molecule has 1 saturated heterocycles. The molecule has 0 radical (unpaired) electrons. The second kappa shape index (κ2) is 7.42. The molecule has 1 aliphatic carbocycles. The second-order valence-corrected chi connectivity index (χ2v) is 12.2. The van der Waals surface area contributed by atoms with Gasteiger partial charge in [-0.2, -0.15) is 4.31 Å². The van der Waals surface area contributed by atoms with Crippen LogP contribution < -0.4 is 5.32 Å². The van der Waals surface area contributed by atoms with E-state index in [2.05, 4.69) is 21.2 Å². The van der Waals surface area contributed by atoms with Crippen LogP contribution in [0.1, 0.15) is 12.8 Å². The van der Waals surface area contributed by atoms with Gasteiger partial charge in [-0.1, -0.05) is 0 Å². The van der Waals surface area contributed by atoms with E-state index in [1.165, 1.54) is 23.9 Å². The molecule has 0 aromatic heterocycles. The lowest BCUT2D eigenvalue weighted by molar-refractivity contribution is -0.123. The topological polar surface area (TPSA) is 101 Å². The zero-order valence-electron chi connectivity index (χ0n) is 14.0. The van der Waals surface area contributed by atoms with Crippen molar-refractivity contribution >= 4 is 53.5 Å². The fourth-order valence-corrected chi connectivity index (χ4v) is 7.42. The number of carbonyl (C=O) groups is 1. The van der Waals surface area contributed by atoms with E-state index >= 15 is 0 Å². The number of thioether (sulfide) groups is 1. The maximum atomic E-state index is 13.1. The Hall–Kier alpha value is -0.620. The maximum Gasteiger partial charge on any atom is 0.245 e. The van der Waals surface area contributed by atoms with E-state index < -0.39 is 25.9 Å². The number of carbonyl (C=O) groups excluding carboxylic acids is 1. The van der Waals surface area contributed by atoms with Gasteiger partial charge in [0.15, 0.2) is 9.84 Å². The molecule has 26 heavy (non-hydrogen) atoms. The Kier molecular flexibility index (Phi) is 5.74. The van der Waals surface area contributed by atoms with Gasteiger partial charge in [0.25, 0.3) is 0 Å². The standard InChI is InChI=1S/C15H19BrN2O5S3/c1-25(20,21)11-4-5-12(16)14(6-11)26(22,23)18-9-24-8-13(18)15(19)17-7-10-2-3-10/h4-6,10,13H,2-3,7-9H2,1H3,(H,17,19). The SMILES string of the molecule is CS(=O)(=O)c1ccc(Br)c(S(=O)(=O)N2CSCC2C(=O)NCC2CC2)c1. The normalized spacial score (nSPS) is 21.7. The lowest BCUT2D eigenvalue weighted by Crippen LogP contribution is -2.47. The fraction of sp³-hybridized carbons (Fsp3) is 0.533. The van der Waals surface area contributed by atoms with Crippen molar-refractivity contribution in [2.24, 2.45) is 5.92 Å². The summed E-state index contributed by atoms with van der Waals surface area (Å²) in [4.78, 5) is 12.2. The van der Waals surface area contributed by atoms with Gasteiger partial charge >= 0.3 is 0 Å². The maximum absolute atomic E-state index is 13.1. The van der Waals surface area contributed by atoms with Gasteiger partial charge in [0.1, 0.15) is 6.04 Å². The van der Waals surface area contributed by atoms with Gasteiger partial charge < -0.3 is 5.32 Å². The third kappa shape index (κ3) is 4.27. The van der Waals surface area contributed by atoms with Gasteiger partial charge in [-0.3, -0.25) is 4.79 Å². The molecule has 1 heterocycles. The molecule has 1 aliphatic heterocycles. The molecule has 1 N–H and O–H groups in total. The third-order valence-electron chi connectivity index (χ3n) is 4.32. The molecule has 1 saturated carbocycles. The molecule has 2 fully saturated rings. The number of hydrogen-bond acceptors (Lipinski definition) is 6. The van der Waals surface area contributed by atoms with E-state index in [9.17, 15) is 21.6 Å². The molecule has 1 atom stereocenters. The summed E-state index contributed by atoms with van der Waals surface area (Å²) < 4.78 is 51.2. The number of benzene rings is 1. The number of nitrogens with one attached hydrogen (secondary N) is 1. The van der Waals surface area contributed by atoms with Crippen molar-refractivity contribution in [2.75, 3.05) is 24.4 Å². The fourth-order valence-electron chi connectivity index (χ4n) is 2.59. The molecule has 1 aromatic rings. The van der Waals surface area contributed by atoms with E-state index in [4.69, 9.17) is 0 Å². The first kappa shape index (κ1) is 20.1. The number of sulfone groups is 1. The summed E-state index contributed by atoms with van der Waals surface area (Å²) in [7, 11) is -7.58. The van der Waals surface area contributed by atoms with Crippen molar-refractivity contribution in [1.82, 2.24) is 9.62 Å². The molecule has 1 unspecified atom stereocenters. The molecule has 1 amide bonds. The predicted octanol–water partition coefficient (Wildman–Crippen LogP) is 1.44. The van der Waals surface area contributed by atoms with Crippen molar-refractivity contribution in [1.29, 1.82) is 0 Å². The molecule has 1 aromatic carbocycles. The second-order valence-electron chi connectivity index (χ2n) is 6.46. The highest BCUT2D eigenvalue weighted by molar-refractivity contribution is 9.10. The highest BCUT2D eigenvalue weighted by atomic mass is 79.9. The Balaban J connectivity index is 1.90. The molecule has 11 heteroatoms. The van der Waals surface area contributed by atoms with E-state index in [-0.39, 0.29) is 26.0 Å². The summed E-state index contributed by atoms with van der Waals surface area (Å²) in [6.45, 7) is 0.571. The quantitative estimate of drug-likeness (QED) is 0.658. The highest BCUT2D eigenvalue weighted by Crippen LogP contribution is 2.33. The largest absolute Gasteiger partial charge is 0.354 e. The lowest BCUT2D eigenvalue weighted by atomic mass is 10.3. The molecule has 2 aliphatic rings. The zero-order valence-corrected chi connectivity index (χ0v) is 18.0. The van der Waals surface area contributed by atoms with Crippen LogP contribution in [-0.4, -0.2) is 57.5 Å². The smallest absolute Gasteiger partial charge is 0.245 e. The van der Waals surface area contributed by atoms with Gasteiger partial charge in [-0.15, -0.1) is 11.8 Å². The molecule has 144 valence electrons. The molecule has 0 spiro atoms. The van der Waals surface area contributed by atoms with Crippen LogP contribution in [0.25, 0.3) is 0 Å². The minimum absolute atomic E-state index is 0.0825.